The molecule has 2 aromatic carbocycles. The molecule has 0 spiro atoms. The second-order valence-corrected chi connectivity index (χ2v) is 5.61. The molecule has 0 N–H and O–H groups in total. The van der Waals surface area contributed by atoms with Crippen molar-refractivity contribution >= 4 is 33.6 Å². The first-order valence-electron chi connectivity index (χ1n) is 6.42. The summed E-state index contributed by atoms with van der Waals surface area (Å²) in [7, 11) is 1.68. The number of nitrogens with zero attached hydrogens (tertiary/aromatic N) is 2. The van der Waals surface area contributed by atoms with Crippen molar-refractivity contribution in [2.24, 2.45) is 4.99 Å². The van der Waals surface area contributed by atoms with E-state index in [1.165, 1.54) is 11.1 Å². The number of fused-ring (bicyclic) bond motifs is 1. The molecule has 0 fully saturated rings. The van der Waals surface area contributed by atoms with E-state index in [2.05, 4.69) is 44.9 Å². The van der Waals surface area contributed by atoms with Crippen LogP contribution in [0, 0.1) is 6.92 Å². The average Bonchev–Trinajstić information content (AvgIpc) is 2.49. The summed E-state index contributed by atoms with van der Waals surface area (Å²) in [6.45, 7) is 2.90. The predicted molar refractivity (Wildman–Crippen MR) is 86.2 cm³/mol. The highest BCUT2D eigenvalue weighted by molar-refractivity contribution is 9.10. The lowest BCUT2D eigenvalue weighted by Gasteiger charge is -2.26. The van der Waals surface area contributed by atoms with Gasteiger partial charge >= 0.3 is 0 Å². The predicted octanol–water partition coefficient (Wildman–Crippen LogP) is 4.45. The fourth-order valence-electron chi connectivity index (χ4n) is 2.35. The van der Waals surface area contributed by atoms with Crippen LogP contribution in [0.15, 0.2) is 45.9 Å². The second-order valence-electron chi connectivity index (χ2n) is 4.75. The summed E-state index contributed by atoms with van der Waals surface area (Å²) < 4.78 is 6.40. The topological polar surface area (TPSA) is 24.8 Å². The molecule has 0 saturated carbocycles. The summed E-state index contributed by atoms with van der Waals surface area (Å²) in [5.74, 6) is 0.867. The molecule has 0 radical (unpaired) electrons. The maximum atomic E-state index is 5.29. The Balaban J connectivity index is 1.97. The molecule has 0 saturated heterocycles. The minimum Gasteiger partial charge on any atom is -0.497 e. The Morgan fingerprint density at radius 1 is 1.25 bits per heavy atom. The summed E-state index contributed by atoms with van der Waals surface area (Å²) in [6.07, 6.45) is 1.89. The zero-order chi connectivity index (χ0) is 14.1. The van der Waals surface area contributed by atoms with Gasteiger partial charge in [0.05, 0.1) is 25.7 Å². The van der Waals surface area contributed by atoms with Gasteiger partial charge in [-0.25, -0.2) is 4.99 Å². The van der Waals surface area contributed by atoms with Crippen LogP contribution in [0.4, 0.5) is 11.4 Å². The third-order valence-electron chi connectivity index (χ3n) is 3.51. The fourth-order valence-corrected chi connectivity index (χ4v) is 2.71. The molecule has 0 aliphatic carbocycles. The molecule has 0 unspecified atom stereocenters. The van der Waals surface area contributed by atoms with Gasteiger partial charge in [-0.3, -0.25) is 0 Å². The number of benzene rings is 2. The summed E-state index contributed by atoms with van der Waals surface area (Å²) in [5.41, 5.74) is 4.56. The molecule has 3 rings (SSSR count). The average molecular weight is 331 g/mol. The van der Waals surface area contributed by atoms with Crippen molar-refractivity contribution in [3.63, 3.8) is 0 Å². The zero-order valence-corrected chi connectivity index (χ0v) is 13.0. The summed E-state index contributed by atoms with van der Waals surface area (Å²) in [5, 5.41) is 0. The van der Waals surface area contributed by atoms with Crippen molar-refractivity contribution in [3.8, 4) is 5.75 Å². The minimum atomic E-state index is 0.799. The van der Waals surface area contributed by atoms with E-state index in [4.69, 9.17) is 4.74 Å². The monoisotopic (exact) mass is 330 g/mol. The lowest BCUT2D eigenvalue weighted by molar-refractivity contribution is 0.414. The van der Waals surface area contributed by atoms with Crippen molar-refractivity contribution in [1.82, 2.24) is 0 Å². The van der Waals surface area contributed by atoms with Gasteiger partial charge in [-0.1, -0.05) is 22.0 Å². The molecule has 0 aromatic heterocycles. The Kier molecular flexibility index (Phi) is 3.49. The number of rotatable bonds is 2. The lowest BCUT2D eigenvalue weighted by atomic mass is 10.1. The van der Waals surface area contributed by atoms with Crippen LogP contribution in [-0.4, -0.2) is 13.4 Å². The first-order chi connectivity index (χ1) is 9.69. The highest BCUT2D eigenvalue weighted by Crippen LogP contribution is 2.33. The van der Waals surface area contributed by atoms with E-state index in [0.717, 1.165) is 28.1 Å². The van der Waals surface area contributed by atoms with Gasteiger partial charge in [-0.15, -0.1) is 0 Å². The SMILES string of the molecule is COc1ccc2c(c1)CN(c1cccc(Br)c1C)C=N2. The van der Waals surface area contributed by atoms with E-state index in [1.54, 1.807) is 7.11 Å². The molecule has 3 nitrogen and oxygen atoms in total. The Labute approximate surface area is 127 Å². The Hall–Kier alpha value is -1.81. The number of aliphatic imine (C=N–C) groups is 1. The van der Waals surface area contributed by atoms with E-state index in [9.17, 15) is 0 Å². The number of methoxy groups -OCH3 is 1. The Morgan fingerprint density at radius 3 is 2.90 bits per heavy atom. The number of hydrogen-bond donors (Lipinski definition) is 0. The standard InChI is InChI=1S/C16H15BrN2O/c1-11-14(17)4-3-5-16(11)19-9-12-8-13(20-2)6-7-15(12)18-10-19/h3-8,10H,9H2,1-2H3. The number of halogens is 1. The second kappa shape index (κ2) is 5.29. The quantitative estimate of drug-likeness (QED) is 0.812. The van der Waals surface area contributed by atoms with Gasteiger partial charge in [0.25, 0.3) is 0 Å². The first-order valence-corrected chi connectivity index (χ1v) is 7.21. The largest absolute Gasteiger partial charge is 0.497 e. The fraction of sp³-hybridized carbons (Fsp3) is 0.188. The summed E-state index contributed by atoms with van der Waals surface area (Å²) >= 11 is 3.58. The Morgan fingerprint density at radius 2 is 2.10 bits per heavy atom. The molecule has 1 aliphatic rings. The number of anilines is 1. The molecular weight excluding hydrogens is 316 g/mol. The van der Waals surface area contributed by atoms with Crippen molar-refractivity contribution in [1.29, 1.82) is 0 Å². The minimum absolute atomic E-state index is 0.799. The van der Waals surface area contributed by atoms with Crippen molar-refractivity contribution < 1.29 is 4.74 Å². The van der Waals surface area contributed by atoms with Gasteiger partial charge in [0.15, 0.2) is 0 Å². The maximum absolute atomic E-state index is 5.29. The van der Waals surface area contributed by atoms with Gasteiger partial charge in [0.1, 0.15) is 5.75 Å². The van der Waals surface area contributed by atoms with Crippen LogP contribution >= 0.6 is 15.9 Å². The van der Waals surface area contributed by atoms with Gasteiger partial charge < -0.3 is 9.64 Å². The van der Waals surface area contributed by atoms with E-state index in [1.807, 2.05) is 30.6 Å². The molecule has 1 heterocycles. The van der Waals surface area contributed by atoms with Gasteiger partial charge in [0, 0.05) is 15.7 Å². The van der Waals surface area contributed by atoms with Crippen LogP contribution in [0.5, 0.6) is 5.75 Å². The van der Waals surface area contributed by atoms with Crippen molar-refractivity contribution in [3.05, 3.63) is 52.0 Å². The summed E-state index contributed by atoms with van der Waals surface area (Å²) in [6, 6.07) is 12.2. The molecule has 1 aliphatic heterocycles. The molecule has 0 bridgehead atoms. The highest BCUT2D eigenvalue weighted by Gasteiger charge is 2.16. The Bertz CT molecular complexity index is 682. The van der Waals surface area contributed by atoms with Crippen LogP contribution < -0.4 is 9.64 Å². The highest BCUT2D eigenvalue weighted by atomic mass is 79.9. The van der Waals surface area contributed by atoms with Crippen LogP contribution in [-0.2, 0) is 6.54 Å². The van der Waals surface area contributed by atoms with E-state index < -0.39 is 0 Å². The van der Waals surface area contributed by atoms with E-state index in [0.29, 0.717) is 0 Å². The maximum Gasteiger partial charge on any atom is 0.119 e. The van der Waals surface area contributed by atoms with Crippen molar-refractivity contribution in [2.75, 3.05) is 12.0 Å². The number of hydrogen-bond acceptors (Lipinski definition) is 3. The van der Waals surface area contributed by atoms with Gasteiger partial charge in [-0.2, -0.15) is 0 Å². The molecular formula is C16H15BrN2O. The smallest absolute Gasteiger partial charge is 0.119 e. The molecule has 20 heavy (non-hydrogen) atoms. The molecule has 0 amide bonds. The molecule has 0 atom stereocenters. The normalized spacial score (nSPS) is 13.2. The van der Waals surface area contributed by atoms with Gasteiger partial charge in [-0.05, 0) is 42.8 Å². The van der Waals surface area contributed by atoms with Crippen LogP contribution in [0.25, 0.3) is 0 Å². The molecule has 2 aromatic rings. The zero-order valence-electron chi connectivity index (χ0n) is 11.4. The molecule has 4 heteroatoms. The third-order valence-corrected chi connectivity index (χ3v) is 4.37. The van der Waals surface area contributed by atoms with E-state index >= 15 is 0 Å². The summed E-state index contributed by atoms with van der Waals surface area (Å²) in [4.78, 5) is 6.68. The van der Waals surface area contributed by atoms with Crippen LogP contribution in [0.3, 0.4) is 0 Å². The van der Waals surface area contributed by atoms with Crippen LogP contribution in [0.1, 0.15) is 11.1 Å². The first kappa shape index (κ1) is 13.2. The molecule has 102 valence electrons. The lowest BCUT2D eigenvalue weighted by Crippen LogP contribution is -2.24. The van der Waals surface area contributed by atoms with Crippen LogP contribution in [0.2, 0.25) is 0 Å². The van der Waals surface area contributed by atoms with Gasteiger partial charge in [0.2, 0.25) is 0 Å². The number of ether oxygens (including phenoxy) is 1. The third kappa shape index (κ3) is 2.31. The van der Waals surface area contributed by atoms with E-state index in [-0.39, 0.29) is 0 Å². The van der Waals surface area contributed by atoms with Crippen molar-refractivity contribution in [2.45, 2.75) is 13.5 Å².